The minimum absolute atomic E-state index is 0.0833. The summed E-state index contributed by atoms with van der Waals surface area (Å²) in [5.41, 5.74) is 6.26. The molecule has 3 nitrogen and oxygen atoms in total. The predicted octanol–water partition coefficient (Wildman–Crippen LogP) is 1.56. The van der Waals surface area contributed by atoms with Gasteiger partial charge in [0, 0.05) is 5.56 Å². The molecule has 0 spiro atoms. The van der Waals surface area contributed by atoms with Crippen LogP contribution < -0.4 is 5.73 Å². The highest BCUT2D eigenvalue weighted by atomic mass is 16.3. The second-order valence-electron chi connectivity index (χ2n) is 3.68. The molecule has 0 heterocycles. The number of carbonyl (C=O) groups is 1. The molecule has 1 rings (SSSR count). The molecule has 0 bridgehead atoms. The quantitative estimate of drug-likeness (QED) is 0.716. The van der Waals surface area contributed by atoms with Crippen LogP contribution in [0.1, 0.15) is 24.2 Å². The van der Waals surface area contributed by atoms with Crippen LogP contribution in [0.5, 0.6) is 5.75 Å². The minimum atomic E-state index is -0.473. The molecule has 0 saturated heterocycles. The molecule has 0 aliphatic heterocycles. The number of hydrogen-bond donors (Lipinski definition) is 2. The maximum absolute atomic E-state index is 11.7. The van der Waals surface area contributed by atoms with Crippen molar-refractivity contribution < 1.29 is 9.90 Å². The third-order valence-corrected chi connectivity index (χ3v) is 2.17. The molecular formula is C11H15NO2. The fourth-order valence-corrected chi connectivity index (χ4v) is 1.12. The average molecular weight is 193 g/mol. The molecule has 0 fully saturated rings. The van der Waals surface area contributed by atoms with Gasteiger partial charge in [0.25, 0.3) is 0 Å². The molecule has 0 aromatic heterocycles. The first-order valence-electron chi connectivity index (χ1n) is 4.61. The van der Waals surface area contributed by atoms with Crippen molar-refractivity contribution in [3.8, 4) is 5.75 Å². The predicted molar refractivity (Wildman–Crippen MR) is 55.3 cm³/mol. The van der Waals surface area contributed by atoms with Gasteiger partial charge in [0.15, 0.2) is 5.78 Å². The number of aromatic hydroxyl groups is 1. The molecule has 0 unspecified atom stereocenters. The largest absolute Gasteiger partial charge is 0.508 e. The van der Waals surface area contributed by atoms with Crippen LogP contribution in [0.25, 0.3) is 0 Å². The van der Waals surface area contributed by atoms with Gasteiger partial charge in [-0.05, 0) is 30.2 Å². The summed E-state index contributed by atoms with van der Waals surface area (Å²) in [5.74, 6) is 0.191. The first-order valence-corrected chi connectivity index (χ1v) is 4.61. The van der Waals surface area contributed by atoms with Crippen LogP contribution in [0.3, 0.4) is 0 Å². The number of benzene rings is 1. The Bertz CT molecular complexity index is 317. The number of hydrogen-bond acceptors (Lipinski definition) is 3. The molecule has 0 radical (unpaired) electrons. The van der Waals surface area contributed by atoms with Crippen LogP contribution in [0.4, 0.5) is 0 Å². The van der Waals surface area contributed by atoms with Gasteiger partial charge in [-0.25, -0.2) is 0 Å². The van der Waals surface area contributed by atoms with Gasteiger partial charge in [-0.2, -0.15) is 0 Å². The number of phenols is 1. The van der Waals surface area contributed by atoms with Crippen molar-refractivity contribution in [3.05, 3.63) is 29.8 Å². The van der Waals surface area contributed by atoms with E-state index in [2.05, 4.69) is 0 Å². The van der Waals surface area contributed by atoms with E-state index in [1.165, 1.54) is 12.1 Å². The van der Waals surface area contributed by atoms with Crippen molar-refractivity contribution in [2.24, 2.45) is 11.7 Å². The normalized spacial score (nSPS) is 12.9. The highest BCUT2D eigenvalue weighted by Crippen LogP contribution is 2.13. The van der Waals surface area contributed by atoms with Gasteiger partial charge < -0.3 is 10.8 Å². The highest BCUT2D eigenvalue weighted by Gasteiger charge is 2.18. The molecule has 14 heavy (non-hydrogen) atoms. The van der Waals surface area contributed by atoms with Crippen molar-refractivity contribution in [2.45, 2.75) is 19.9 Å². The van der Waals surface area contributed by atoms with Crippen molar-refractivity contribution in [2.75, 3.05) is 0 Å². The topological polar surface area (TPSA) is 63.3 Å². The smallest absolute Gasteiger partial charge is 0.179 e. The standard InChI is InChI=1S/C11H15NO2/c1-7(2)10(12)11(14)8-3-5-9(13)6-4-8/h3-7,10,13H,12H2,1-2H3/t10-/m0/s1. The Morgan fingerprint density at radius 2 is 1.79 bits per heavy atom. The lowest BCUT2D eigenvalue weighted by molar-refractivity contribution is 0.0940. The SMILES string of the molecule is CC(C)[C@H](N)C(=O)c1ccc(O)cc1. The number of ketones is 1. The number of carbonyl (C=O) groups excluding carboxylic acids is 1. The third-order valence-electron chi connectivity index (χ3n) is 2.17. The summed E-state index contributed by atoms with van der Waals surface area (Å²) in [4.78, 5) is 11.7. The van der Waals surface area contributed by atoms with Crippen LogP contribution in [-0.4, -0.2) is 16.9 Å². The zero-order valence-electron chi connectivity index (χ0n) is 8.40. The van der Waals surface area contributed by atoms with Crippen LogP contribution in [0.15, 0.2) is 24.3 Å². The summed E-state index contributed by atoms with van der Waals surface area (Å²) < 4.78 is 0. The van der Waals surface area contributed by atoms with E-state index in [1.54, 1.807) is 12.1 Å². The van der Waals surface area contributed by atoms with Gasteiger partial charge in [0.05, 0.1) is 6.04 Å². The molecule has 1 aromatic carbocycles. The summed E-state index contributed by atoms with van der Waals surface area (Å²) in [5, 5.41) is 9.04. The molecule has 0 amide bonds. The van der Waals surface area contributed by atoms with Gasteiger partial charge in [0.2, 0.25) is 0 Å². The molecule has 1 aromatic rings. The Hall–Kier alpha value is -1.35. The average Bonchev–Trinajstić information content (AvgIpc) is 2.16. The summed E-state index contributed by atoms with van der Waals surface area (Å²) in [6, 6.07) is 5.67. The van der Waals surface area contributed by atoms with E-state index in [9.17, 15) is 4.79 Å². The first kappa shape index (κ1) is 10.7. The van der Waals surface area contributed by atoms with E-state index < -0.39 is 6.04 Å². The van der Waals surface area contributed by atoms with Gasteiger partial charge >= 0.3 is 0 Å². The van der Waals surface area contributed by atoms with Gasteiger partial charge in [-0.3, -0.25) is 4.79 Å². The zero-order chi connectivity index (χ0) is 10.7. The van der Waals surface area contributed by atoms with Gasteiger partial charge in [-0.1, -0.05) is 13.8 Å². The lowest BCUT2D eigenvalue weighted by Crippen LogP contribution is -2.35. The van der Waals surface area contributed by atoms with Crippen molar-refractivity contribution in [3.63, 3.8) is 0 Å². The second kappa shape index (κ2) is 4.24. The second-order valence-corrected chi connectivity index (χ2v) is 3.68. The van der Waals surface area contributed by atoms with E-state index in [1.807, 2.05) is 13.8 Å². The molecule has 76 valence electrons. The monoisotopic (exact) mass is 193 g/mol. The molecule has 0 aliphatic rings. The molecule has 1 atom stereocenters. The maximum Gasteiger partial charge on any atom is 0.179 e. The Morgan fingerprint density at radius 3 is 2.21 bits per heavy atom. The molecule has 0 saturated carbocycles. The number of nitrogens with two attached hydrogens (primary N) is 1. The Balaban J connectivity index is 2.84. The minimum Gasteiger partial charge on any atom is -0.508 e. The Labute approximate surface area is 83.6 Å². The fraction of sp³-hybridized carbons (Fsp3) is 0.364. The summed E-state index contributed by atoms with van der Waals surface area (Å²) in [6.45, 7) is 3.81. The summed E-state index contributed by atoms with van der Waals surface area (Å²) in [7, 11) is 0. The fourth-order valence-electron chi connectivity index (χ4n) is 1.12. The number of phenolic OH excluding ortho intramolecular Hbond substituents is 1. The molecule has 3 N–H and O–H groups in total. The van der Waals surface area contributed by atoms with E-state index in [-0.39, 0.29) is 17.5 Å². The summed E-state index contributed by atoms with van der Waals surface area (Å²) in [6.07, 6.45) is 0. The van der Waals surface area contributed by atoms with Crippen molar-refractivity contribution in [1.29, 1.82) is 0 Å². The van der Waals surface area contributed by atoms with E-state index in [0.717, 1.165) is 0 Å². The van der Waals surface area contributed by atoms with Crippen LogP contribution in [-0.2, 0) is 0 Å². The van der Waals surface area contributed by atoms with Crippen LogP contribution in [0.2, 0.25) is 0 Å². The van der Waals surface area contributed by atoms with E-state index in [0.29, 0.717) is 5.56 Å². The molecule has 0 aliphatic carbocycles. The number of Topliss-reactive ketones (excluding diaryl/α,β-unsaturated/α-hetero) is 1. The van der Waals surface area contributed by atoms with Crippen molar-refractivity contribution in [1.82, 2.24) is 0 Å². The van der Waals surface area contributed by atoms with Crippen LogP contribution in [0, 0.1) is 5.92 Å². The number of rotatable bonds is 3. The van der Waals surface area contributed by atoms with Crippen LogP contribution >= 0.6 is 0 Å². The van der Waals surface area contributed by atoms with Crippen molar-refractivity contribution >= 4 is 5.78 Å². The first-order chi connectivity index (χ1) is 6.52. The maximum atomic E-state index is 11.7. The zero-order valence-corrected chi connectivity index (χ0v) is 8.40. The Kier molecular flexibility index (Phi) is 3.25. The molecule has 3 heteroatoms. The summed E-state index contributed by atoms with van der Waals surface area (Å²) >= 11 is 0. The van der Waals surface area contributed by atoms with E-state index >= 15 is 0 Å². The Morgan fingerprint density at radius 1 is 1.29 bits per heavy atom. The third kappa shape index (κ3) is 2.33. The lowest BCUT2D eigenvalue weighted by Gasteiger charge is -2.13. The highest BCUT2D eigenvalue weighted by molar-refractivity contribution is 6.00. The lowest BCUT2D eigenvalue weighted by atomic mass is 9.96. The van der Waals surface area contributed by atoms with Gasteiger partial charge in [0.1, 0.15) is 5.75 Å². The molecular weight excluding hydrogens is 178 g/mol. The van der Waals surface area contributed by atoms with E-state index in [4.69, 9.17) is 10.8 Å². The van der Waals surface area contributed by atoms with Gasteiger partial charge in [-0.15, -0.1) is 0 Å².